The van der Waals surface area contributed by atoms with Crippen LogP contribution in [0, 0.1) is 5.92 Å². The Morgan fingerprint density at radius 3 is 2.17 bits per heavy atom. The number of piperidine rings is 1. The number of nitrogens with zero attached hydrogens (tertiary/aromatic N) is 3. The van der Waals surface area contributed by atoms with Crippen molar-refractivity contribution >= 4 is 36.0 Å². The Labute approximate surface area is 178 Å². The molecule has 3 aliphatic rings. The van der Waals surface area contributed by atoms with Crippen molar-refractivity contribution in [2.75, 3.05) is 57.4 Å². The Kier molecular flexibility index (Phi) is 7.14. The molecule has 3 saturated heterocycles. The highest BCUT2D eigenvalue weighted by atomic mass is 32.2. The third kappa shape index (κ3) is 4.99. The predicted octanol–water partition coefficient (Wildman–Crippen LogP) is -1.36. The Hall–Kier alpha value is -0.800. The zero-order valence-electron chi connectivity index (χ0n) is 17.0. The van der Waals surface area contributed by atoms with Crippen LogP contribution in [-0.2, 0) is 39.6 Å². The van der Waals surface area contributed by atoms with Crippen molar-refractivity contribution in [2.24, 2.45) is 5.92 Å². The molecular formula is C16H29N3O8S3. The highest BCUT2D eigenvalue weighted by molar-refractivity contribution is 7.95. The van der Waals surface area contributed by atoms with Gasteiger partial charge in [-0.3, -0.25) is 4.79 Å². The summed E-state index contributed by atoms with van der Waals surface area (Å²) in [6.07, 6.45) is 1.20. The largest absolute Gasteiger partial charge is 0.466 e. The lowest BCUT2D eigenvalue weighted by Gasteiger charge is -2.38. The lowest BCUT2D eigenvalue weighted by Crippen LogP contribution is -2.56. The first-order valence-corrected chi connectivity index (χ1v) is 14.8. The van der Waals surface area contributed by atoms with Crippen LogP contribution in [0.15, 0.2) is 0 Å². The van der Waals surface area contributed by atoms with Crippen LogP contribution in [0.2, 0.25) is 0 Å². The molecule has 11 nitrogen and oxygen atoms in total. The van der Waals surface area contributed by atoms with E-state index in [1.54, 1.807) is 6.92 Å². The topological polar surface area (TPSA) is 138 Å². The molecule has 174 valence electrons. The molecule has 3 heterocycles. The Bertz CT molecular complexity index is 956. The molecule has 0 aliphatic carbocycles. The minimum atomic E-state index is -3.83. The molecule has 0 radical (unpaired) electrons. The van der Waals surface area contributed by atoms with Gasteiger partial charge in [-0.25, -0.2) is 16.8 Å². The van der Waals surface area contributed by atoms with Crippen molar-refractivity contribution in [2.45, 2.75) is 31.4 Å². The van der Waals surface area contributed by atoms with Gasteiger partial charge in [0.25, 0.3) is 10.2 Å². The van der Waals surface area contributed by atoms with Gasteiger partial charge in [0.2, 0.25) is 10.0 Å². The molecule has 30 heavy (non-hydrogen) atoms. The van der Waals surface area contributed by atoms with Gasteiger partial charge in [0.1, 0.15) is 0 Å². The van der Waals surface area contributed by atoms with Crippen LogP contribution < -0.4 is 0 Å². The van der Waals surface area contributed by atoms with Crippen molar-refractivity contribution in [1.82, 2.24) is 12.9 Å². The second-order valence-electron chi connectivity index (χ2n) is 7.83. The minimum Gasteiger partial charge on any atom is -0.466 e. The number of carbonyl (C=O) groups is 1. The normalized spacial score (nSPS) is 29.6. The first-order valence-electron chi connectivity index (χ1n) is 10.1. The molecule has 0 amide bonds. The van der Waals surface area contributed by atoms with Gasteiger partial charge in [-0.15, -0.1) is 0 Å². The summed E-state index contributed by atoms with van der Waals surface area (Å²) in [5, 5.41) is -0.960. The van der Waals surface area contributed by atoms with E-state index in [-0.39, 0.29) is 57.3 Å². The van der Waals surface area contributed by atoms with Crippen molar-refractivity contribution in [3.63, 3.8) is 0 Å². The maximum Gasteiger partial charge on any atom is 0.310 e. The molecular weight excluding hydrogens is 458 g/mol. The summed E-state index contributed by atoms with van der Waals surface area (Å²) in [4.78, 5) is 12.0. The number of rotatable bonds is 6. The van der Waals surface area contributed by atoms with Gasteiger partial charge >= 0.3 is 5.97 Å². The fraction of sp³-hybridized carbons (Fsp3) is 0.938. The fourth-order valence-corrected chi connectivity index (χ4v) is 10.3. The third-order valence-corrected chi connectivity index (χ3v) is 12.1. The lowest BCUT2D eigenvalue weighted by atomic mass is 10.0. The SMILES string of the molecule is CCOC(=O)[C@@H]1CCCN(S(=O)(=O)N2CCN(S(=O)(=O)[C@H]3CCS(=O)(=O)C3)CC2)C1. The molecule has 3 rings (SSSR count). The molecule has 3 fully saturated rings. The molecule has 0 aromatic rings. The molecule has 0 unspecified atom stereocenters. The van der Waals surface area contributed by atoms with E-state index < -0.39 is 47.2 Å². The Morgan fingerprint density at radius 2 is 1.60 bits per heavy atom. The van der Waals surface area contributed by atoms with E-state index in [4.69, 9.17) is 4.74 Å². The van der Waals surface area contributed by atoms with E-state index in [0.29, 0.717) is 19.4 Å². The number of carbonyl (C=O) groups excluding carboxylic acids is 1. The molecule has 0 bridgehead atoms. The van der Waals surface area contributed by atoms with Gasteiger partial charge < -0.3 is 4.74 Å². The second-order valence-corrected chi connectivity index (χ2v) is 14.2. The number of hydrogen-bond donors (Lipinski definition) is 0. The summed E-state index contributed by atoms with van der Waals surface area (Å²) in [5.74, 6) is -1.42. The Balaban J connectivity index is 1.62. The number of ether oxygens (including phenoxy) is 1. The van der Waals surface area contributed by atoms with Crippen LogP contribution >= 0.6 is 0 Å². The molecule has 0 N–H and O–H groups in total. The second kappa shape index (κ2) is 8.98. The maximum atomic E-state index is 13.0. The average Bonchev–Trinajstić information content (AvgIpc) is 3.09. The number of esters is 1. The van der Waals surface area contributed by atoms with Crippen LogP contribution in [-0.4, -0.2) is 107 Å². The summed E-state index contributed by atoms with van der Waals surface area (Å²) in [7, 11) is -11.0. The van der Waals surface area contributed by atoms with Gasteiger partial charge in [-0.2, -0.15) is 21.3 Å². The minimum absolute atomic E-state index is 0.0123. The average molecular weight is 488 g/mol. The smallest absolute Gasteiger partial charge is 0.310 e. The highest BCUT2D eigenvalue weighted by Gasteiger charge is 2.43. The van der Waals surface area contributed by atoms with Crippen molar-refractivity contribution in [1.29, 1.82) is 0 Å². The van der Waals surface area contributed by atoms with Gasteiger partial charge in [0.15, 0.2) is 9.84 Å². The first-order chi connectivity index (χ1) is 14.0. The van der Waals surface area contributed by atoms with E-state index in [0.717, 1.165) is 0 Å². The van der Waals surface area contributed by atoms with Gasteiger partial charge in [0.05, 0.1) is 29.3 Å². The number of sulfonamides is 1. The number of hydrogen-bond acceptors (Lipinski definition) is 8. The predicted molar refractivity (Wildman–Crippen MR) is 109 cm³/mol. The van der Waals surface area contributed by atoms with E-state index in [1.807, 2.05) is 0 Å². The number of sulfone groups is 1. The first kappa shape index (κ1) is 23.9. The summed E-state index contributed by atoms with van der Waals surface area (Å²) in [6.45, 7) is 2.23. The van der Waals surface area contributed by atoms with E-state index in [9.17, 15) is 30.0 Å². The molecule has 2 atom stereocenters. The van der Waals surface area contributed by atoms with Gasteiger partial charge in [-0.05, 0) is 26.2 Å². The Morgan fingerprint density at radius 1 is 0.967 bits per heavy atom. The monoisotopic (exact) mass is 487 g/mol. The van der Waals surface area contributed by atoms with Crippen LogP contribution in [0.25, 0.3) is 0 Å². The van der Waals surface area contributed by atoms with Crippen molar-refractivity contribution < 1.29 is 34.8 Å². The fourth-order valence-electron chi connectivity index (χ4n) is 4.13. The molecule has 0 spiro atoms. The van der Waals surface area contributed by atoms with Crippen LogP contribution in [0.1, 0.15) is 26.2 Å². The van der Waals surface area contributed by atoms with E-state index in [1.165, 1.54) is 12.9 Å². The summed E-state index contributed by atoms with van der Waals surface area (Å²) in [5.41, 5.74) is 0. The van der Waals surface area contributed by atoms with E-state index in [2.05, 4.69) is 0 Å². The molecule has 0 aromatic carbocycles. The quantitative estimate of drug-likeness (QED) is 0.419. The molecule has 0 aromatic heterocycles. The van der Waals surface area contributed by atoms with Gasteiger partial charge in [-0.1, -0.05) is 0 Å². The maximum absolute atomic E-state index is 13.0. The highest BCUT2D eigenvalue weighted by Crippen LogP contribution is 2.26. The third-order valence-electron chi connectivity index (χ3n) is 5.83. The molecule has 3 aliphatic heterocycles. The van der Waals surface area contributed by atoms with E-state index >= 15 is 0 Å². The van der Waals surface area contributed by atoms with Crippen molar-refractivity contribution in [3.8, 4) is 0 Å². The van der Waals surface area contributed by atoms with Crippen LogP contribution in [0.3, 0.4) is 0 Å². The summed E-state index contributed by atoms with van der Waals surface area (Å²) in [6, 6.07) is 0. The van der Waals surface area contributed by atoms with Crippen LogP contribution in [0.5, 0.6) is 0 Å². The zero-order valence-corrected chi connectivity index (χ0v) is 19.4. The lowest BCUT2D eigenvalue weighted by molar-refractivity contribution is -0.149. The summed E-state index contributed by atoms with van der Waals surface area (Å²) < 4.78 is 83.5. The molecule has 14 heteroatoms. The number of piperazine rings is 1. The van der Waals surface area contributed by atoms with Crippen molar-refractivity contribution in [3.05, 3.63) is 0 Å². The molecule has 0 saturated carbocycles. The standard InChI is InChI=1S/C16H29N3O8S3/c1-2-27-16(20)14-4-3-6-19(12-14)30(25,26)18-9-7-17(8-10-18)29(23,24)15-5-11-28(21,22)13-15/h14-15H,2-13H2,1H3/t14-,15+/m1/s1. The van der Waals surface area contributed by atoms with Gasteiger partial charge in [0, 0.05) is 39.3 Å². The van der Waals surface area contributed by atoms with Crippen LogP contribution in [0.4, 0.5) is 0 Å². The zero-order chi connectivity index (χ0) is 22.2. The summed E-state index contributed by atoms with van der Waals surface area (Å²) >= 11 is 0.